The maximum atomic E-state index is 13.8. The van der Waals surface area contributed by atoms with E-state index in [9.17, 15) is 8.78 Å². The van der Waals surface area contributed by atoms with E-state index in [0.717, 1.165) is 18.2 Å². The van der Waals surface area contributed by atoms with Crippen LogP contribution in [0.25, 0.3) is 0 Å². The lowest BCUT2D eigenvalue weighted by molar-refractivity contribution is 0.259. The van der Waals surface area contributed by atoms with Crippen LogP contribution < -0.4 is 0 Å². The summed E-state index contributed by atoms with van der Waals surface area (Å²) < 4.78 is 33.8. The number of halogens is 2. The summed E-state index contributed by atoms with van der Waals surface area (Å²) in [4.78, 5) is 3.76. The minimum atomic E-state index is -1.20. The van der Waals surface area contributed by atoms with Gasteiger partial charge in [0.2, 0.25) is 0 Å². The molecule has 0 bridgehead atoms. The molecular formula is C12H8F2N4O. The van der Waals surface area contributed by atoms with Crippen molar-refractivity contribution in [2.24, 2.45) is 0 Å². The first kappa shape index (κ1) is 11.7. The molecule has 0 aliphatic carbocycles. The number of epoxide rings is 1. The third kappa shape index (κ3) is 1.86. The molecule has 0 unspecified atom stereocenters. The number of hydrogen-bond acceptors (Lipinski definition) is 4. The average Bonchev–Trinajstić information content (AvgIpc) is 2.85. The first-order valence-corrected chi connectivity index (χ1v) is 5.51. The zero-order valence-electron chi connectivity index (χ0n) is 9.62. The molecule has 3 rings (SSSR count). The Labute approximate surface area is 107 Å². The van der Waals surface area contributed by atoms with E-state index in [4.69, 9.17) is 10.00 Å². The normalized spacial score (nSPS) is 25.0. The molecule has 1 saturated heterocycles. The van der Waals surface area contributed by atoms with Crippen LogP contribution in [0.4, 0.5) is 8.78 Å². The third-order valence-electron chi connectivity index (χ3n) is 3.06. The summed E-state index contributed by atoms with van der Waals surface area (Å²) in [5.74, 6) is -1.19. The molecule has 5 nitrogen and oxygen atoms in total. The van der Waals surface area contributed by atoms with E-state index < -0.39 is 23.3 Å². The van der Waals surface area contributed by atoms with Crippen molar-refractivity contribution in [3.05, 3.63) is 48.1 Å². The number of aromatic nitrogens is 3. The summed E-state index contributed by atoms with van der Waals surface area (Å²) in [7, 11) is 0. The van der Waals surface area contributed by atoms with Gasteiger partial charge in [0.05, 0.1) is 12.6 Å². The molecule has 0 spiro atoms. The predicted molar refractivity (Wildman–Crippen MR) is 58.5 cm³/mol. The fourth-order valence-corrected chi connectivity index (χ4v) is 2.09. The summed E-state index contributed by atoms with van der Waals surface area (Å²) in [5.41, 5.74) is -1.18. The van der Waals surface area contributed by atoms with Crippen LogP contribution in [-0.2, 0) is 16.9 Å². The minimum absolute atomic E-state index is 0.0227. The van der Waals surface area contributed by atoms with E-state index in [-0.39, 0.29) is 12.1 Å². The first-order valence-electron chi connectivity index (χ1n) is 5.51. The smallest absolute Gasteiger partial charge is 0.180 e. The molecule has 1 aromatic heterocycles. The van der Waals surface area contributed by atoms with Crippen LogP contribution in [0.15, 0.2) is 30.9 Å². The lowest BCUT2D eigenvalue weighted by atomic mass is 9.95. The molecule has 2 atom stereocenters. The van der Waals surface area contributed by atoms with E-state index in [1.165, 1.54) is 17.3 Å². The van der Waals surface area contributed by atoms with Crippen molar-refractivity contribution in [2.75, 3.05) is 0 Å². The van der Waals surface area contributed by atoms with Crippen molar-refractivity contribution in [3.8, 4) is 6.07 Å². The number of benzene rings is 1. The predicted octanol–water partition coefficient (Wildman–Crippen LogP) is 1.37. The largest absolute Gasteiger partial charge is 0.343 e. The van der Waals surface area contributed by atoms with Crippen molar-refractivity contribution in [1.82, 2.24) is 14.8 Å². The van der Waals surface area contributed by atoms with Crippen molar-refractivity contribution >= 4 is 0 Å². The van der Waals surface area contributed by atoms with Crippen LogP contribution in [0.2, 0.25) is 0 Å². The van der Waals surface area contributed by atoms with E-state index in [1.54, 1.807) is 0 Å². The van der Waals surface area contributed by atoms with Gasteiger partial charge in [0, 0.05) is 5.56 Å². The van der Waals surface area contributed by atoms with Gasteiger partial charge in [0.15, 0.2) is 11.7 Å². The standard InChI is InChI=1S/C12H8F2N4O/c13-8-1-2-10(14)9(3-8)12(11(4-15)19-12)5-18-7-16-6-17-18/h1-3,6-7,11H,5H2/t11-,12+/m1/s1. The summed E-state index contributed by atoms with van der Waals surface area (Å²) >= 11 is 0. The maximum absolute atomic E-state index is 13.8. The Morgan fingerprint density at radius 2 is 2.32 bits per heavy atom. The zero-order chi connectivity index (χ0) is 13.5. The number of nitrogens with zero attached hydrogens (tertiary/aromatic N) is 4. The average molecular weight is 262 g/mol. The lowest BCUT2D eigenvalue weighted by Gasteiger charge is -2.13. The zero-order valence-corrected chi connectivity index (χ0v) is 9.62. The number of hydrogen-bond donors (Lipinski definition) is 0. The molecule has 2 aromatic rings. The van der Waals surface area contributed by atoms with Gasteiger partial charge in [-0.25, -0.2) is 18.4 Å². The summed E-state index contributed by atoms with van der Waals surface area (Å²) in [6, 6.07) is 5.00. The molecule has 0 saturated carbocycles. The highest BCUT2D eigenvalue weighted by atomic mass is 19.1. The summed E-state index contributed by atoms with van der Waals surface area (Å²) in [6.45, 7) is 0.103. The number of rotatable bonds is 3. The van der Waals surface area contributed by atoms with Gasteiger partial charge in [-0.3, -0.25) is 0 Å². The second kappa shape index (κ2) is 4.10. The number of ether oxygens (including phenoxy) is 1. The van der Waals surface area contributed by atoms with Gasteiger partial charge in [-0.1, -0.05) is 0 Å². The maximum Gasteiger partial charge on any atom is 0.180 e. The SMILES string of the molecule is N#C[C@H]1O[C@@]1(Cn1cncn1)c1cc(F)ccc1F. The fourth-order valence-electron chi connectivity index (χ4n) is 2.09. The van der Waals surface area contributed by atoms with Crippen LogP contribution >= 0.6 is 0 Å². The molecule has 2 heterocycles. The fraction of sp³-hybridized carbons (Fsp3) is 0.250. The Morgan fingerprint density at radius 3 is 2.95 bits per heavy atom. The van der Waals surface area contributed by atoms with Gasteiger partial charge >= 0.3 is 0 Å². The Balaban J connectivity index is 2.02. The lowest BCUT2D eigenvalue weighted by Crippen LogP contribution is -2.22. The van der Waals surface area contributed by atoms with Crippen molar-refractivity contribution in [1.29, 1.82) is 5.26 Å². The van der Waals surface area contributed by atoms with Crippen molar-refractivity contribution in [2.45, 2.75) is 18.2 Å². The molecule has 1 aliphatic heterocycles. The van der Waals surface area contributed by atoms with E-state index in [2.05, 4.69) is 10.1 Å². The van der Waals surface area contributed by atoms with Crippen LogP contribution in [-0.4, -0.2) is 20.9 Å². The van der Waals surface area contributed by atoms with Crippen LogP contribution in [0.3, 0.4) is 0 Å². The minimum Gasteiger partial charge on any atom is -0.343 e. The van der Waals surface area contributed by atoms with Gasteiger partial charge in [-0.05, 0) is 18.2 Å². The van der Waals surface area contributed by atoms with Crippen LogP contribution in [0.1, 0.15) is 5.56 Å². The molecule has 0 amide bonds. The van der Waals surface area contributed by atoms with Gasteiger partial charge in [-0.2, -0.15) is 10.4 Å². The quantitative estimate of drug-likeness (QED) is 0.783. The molecule has 19 heavy (non-hydrogen) atoms. The van der Waals surface area contributed by atoms with Gasteiger partial charge in [-0.15, -0.1) is 0 Å². The van der Waals surface area contributed by atoms with Crippen molar-refractivity contribution in [3.63, 3.8) is 0 Å². The summed E-state index contributed by atoms with van der Waals surface area (Å²) in [5, 5.41) is 12.8. The topological polar surface area (TPSA) is 67.0 Å². The number of nitriles is 1. The van der Waals surface area contributed by atoms with Gasteiger partial charge < -0.3 is 4.74 Å². The Kier molecular flexibility index (Phi) is 2.54. The highest BCUT2D eigenvalue weighted by Gasteiger charge is 2.60. The highest BCUT2D eigenvalue weighted by Crippen LogP contribution is 2.48. The second-order valence-electron chi connectivity index (χ2n) is 4.23. The first-order chi connectivity index (χ1) is 9.15. The summed E-state index contributed by atoms with van der Waals surface area (Å²) in [6.07, 6.45) is 1.92. The third-order valence-corrected chi connectivity index (χ3v) is 3.06. The monoisotopic (exact) mass is 262 g/mol. The Morgan fingerprint density at radius 1 is 1.47 bits per heavy atom. The molecule has 1 fully saturated rings. The molecule has 0 N–H and O–H groups in total. The van der Waals surface area contributed by atoms with E-state index >= 15 is 0 Å². The van der Waals surface area contributed by atoms with E-state index in [1.807, 2.05) is 6.07 Å². The molecule has 1 aromatic carbocycles. The molecule has 1 aliphatic rings. The Hall–Kier alpha value is -2.33. The molecule has 7 heteroatoms. The van der Waals surface area contributed by atoms with Crippen LogP contribution in [0.5, 0.6) is 0 Å². The molecule has 0 radical (unpaired) electrons. The van der Waals surface area contributed by atoms with Crippen molar-refractivity contribution < 1.29 is 13.5 Å². The van der Waals surface area contributed by atoms with Gasteiger partial charge in [0.1, 0.15) is 24.3 Å². The highest BCUT2D eigenvalue weighted by molar-refractivity contribution is 5.34. The van der Waals surface area contributed by atoms with E-state index in [0.29, 0.717) is 0 Å². The molecule has 96 valence electrons. The van der Waals surface area contributed by atoms with Gasteiger partial charge in [0.25, 0.3) is 0 Å². The Bertz CT molecular complexity index is 652. The van der Waals surface area contributed by atoms with Crippen LogP contribution in [0, 0.1) is 23.0 Å². The second-order valence-corrected chi connectivity index (χ2v) is 4.23. The molecular weight excluding hydrogens is 254 g/mol.